The molecule has 0 spiro atoms. The second-order valence-electron chi connectivity index (χ2n) is 4.74. The predicted octanol–water partition coefficient (Wildman–Crippen LogP) is 4.14. The lowest BCUT2D eigenvalue weighted by Gasteiger charge is -2.16. The summed E-state index contributed by atoms with van der Waals surface area (Å²) in [7, 11) is 0. The number of nitrogens with one attached hydrogen (secondary N) is 1. The minimum absolute atomic E-state index is 0.0859. The van der Waals surface area contributed by atoms with Crippen LogP contribution in [0.25, 0.3) is 0 Å². The van der Waals surface area contributed by atoms with Crippen LogP contribution < -0.4 is 5.32 Å². The first-order chi connectivity index (χ1) is 9.99. The summed E-state index contributed by atoms with van der Waals surface area (Å²) in [5, 5.41) is 12.1. The second kappa shape index (κ2) is 6.83. The normalized spacial score (nSPS) is 12.1. The summed E-state index contributed by atoms with van der Waals surface area (Å²) < 4.78 is 14.6. The fourth-order valence-electron chi connectivity index (χ4n) is 2.05. The van der Waals surface area contributed by atoms with Gasteiger partial charge in [-0.25, -0.2) is 9.18 Å². The van der Waals surface area contributed by atoms with Crippen LogP contribution in [0.3, 0.4) is 0 Å². The van der Waals surface area contributed by atoms with Crippen LogP contribution in [0.5, 0.6) is 0 Å². The molecule has 1 atom stereocenters. The highest BCUT2D eigenvalue weighted by Gasteiger charge is 2.12. The van der Waals surface area contributed by atoms with E-state index in [4.69, 9.17) is 5.11 Å². The monoisotopic (exact) mass is 351 g/mol. The van der Waals surface area contributed by atoms with Crippen molar-refractivity contribution in [3.8, 4) is 0 Å². The number of carbonyl (C=O) groups is 1. The molecule has 0 aliphatic heterocycles. The molecule has 0 aliphatic rings. The second-order valence-corrected chi connectivity index (χ2v) is 5.60. The van der Waals surface area contributed by atoms with Gasteiger partial charge >= 0.3 is 5.97 Å². The molecule has 0 heterocycles. The van der Waals surface area contributed by atoms with Gasteiger partial charge in [0, 0.05) is 17.1 Å². The number of halogens is 2. The minimum atomic E-state index is -1.26. The van der Waals surface area contributed by atoms with E-state index in [1.165, 1.54) is 12.1 Å². The Kier molecular flexibility index (Phi) is 5.09. The van der Waals surface area contributed by atoms with E-state index in [0.717, 1.165) is 10.0 Å². The van der Waals surface area contributed by atoms with Crippen LogP contribution in [0.15, 0.2) is 46.9 Å². The van der Waals surface area contributed by atoms with Crippen LogP contribution in [-0.4, -0.2) is 11.1 Å². The van der Waals surface area contributed by atoms with Gasteiger partial charge in [-0.05, 0) is 36.2 Å². The molecular formula is C16H15BrFNO2. The standard InChI is InChI=1S/C16H15BrFNO2/c1-10(12-4-2-3-5-14(12)17)19-9-11-6-7-13(16(20)21)15(18)8-11/h2-8,10,19H,9H2,1H3,(H,20,21)/t10-/m1/s1. The lowest BCUT2D eigenvalue weighted by molar-refractivity contribution is 0.0692. The van der Waals surface area contributed by atoms with Gasteiger partial charge in [-0.1, -0.05) is 40.2 Å². The van der Waals surface area contributed by atoms with Crippen LogP contribution in [-0.2, 0) is 6.54 Å². The Hall–Kier alpha value is -1.72. The first-order valence-electron chi connectivity index (χ1n) is 6.48. The zero-order valence-corrected chi connectivity index (χ0v) is 13.0. The van der Waals surface area contributed by atoms with E-state index in [1.807, 2.05) is 31.2 Å². The molecule has 0 bridgehead atoms. The van der Waals surface area contributed by atoms with Gasteiger partial charge in [0.05, 0.1) is 5.56 Å². The van der Waals surface area contributed by atoms with Crippen molar-refractivity contribution in [1.29, 1.82) is 0 Å². The maximum Gasteiger partial charge on any atom is 0.338 e. The van der Waals surface area contributed by atoms with Gasteiger partial charge in [0.1, 0.15) is 5.82 Å². The van der Waals surface area contributed by atoms with Crippen LogP contribution in [0.1, 0.15) is 34.5 Å². The molecule has 2 aromatic carbocycles. The summed E-state index contributed by atoms with van der Waals surface area (Å²) in [6.45, 7) is 2.47. The summed E-state index contributed by atoms with van der Waals surface area (Å²) in [5.41, 5.74) is 1.51. The topological polar surface area (TPSA) is 49.3 Å². The lowest BCUT2D eigenvalue weighted by atomic mass is 10.1. The Morgan fingerprint density at radius 2 is 2.05 bits per heavy atom. The predicted molar refractivity (Wildman–Crippen MR) is 82.8 cm³/mol. The van der Waals surface area contributed by atoms with Crippen LogP contribution in [0.2, 0.25) is 0 Å². The average Bonchev–Trinajstić information content (AvgIpc) is 2.45. The van der Waals surface area contributed by atoms with Gasteiger partial charge in [0.2, 0.25) is 0 Å². The zero-order valence-electron chi connectivity index (χ0n) is 11.4. The summed E-state index contributed by atoms with van der Waals surface area (Å²) in [4.78, 5) is 10.8. The maximum atomic E-state index is 13.6. The molecule has 0 aromatic heterocycles. The van der Waals surface area contributed by atoms with Crippen molar-refractivity contribution in [2.75, 3.05) is 0 Å². The molecule has 2 rings (SSSR count). The highest BCUT2D eigenvalue weighted by atomic mass is 79.9. The Balaban J connectivity index is 2.05. The number of hydrogen-bond acceptors (Lipinski definition) is 2. The molecule has 3 nitrogen and oxygen atoms in total. The summed E-state index contributed by atoms with van der Waals surface area (Å²) >= 11 is 3.49. The number of carboxylic acids is 1. The van der Waals surface area contributed by atoms with Crippen LogP contribution in [0.4, 0.5) is 4.39 Å². The summed E-state index contributed by atoms with van der Waals surface area (Å²) in [5.74, 6) is -1.97. The first kappa shape index (κ1) is 15.7. The van der Waals surface area contributed by atoms with E-state index in [2.05, 4.69) is 21.2 Å². The van der Waals surface area contributed by atoms with Crippen molar-refractivity contribution in [3.63, 3.8) is 0 Å². The van der Waals surface area contributed by atoms with Crippen molar-refractivity contribution in [2.24, 2.45) is 0 Å². The fourth-order valence-corrected chi connectivity index (χ4v) is 2.68. The van der Waals surface area contributed by atoms with Crippen molar-refractivity contribution >= 4 is 21.9 Å². The zero-order chi connectivity index (χ0) is 15.4. The maximum absolute atomic E-state index is 13.6. The highest BCUT2D eigenvalue weighted by molar-refractivity contribution is 9.10. The highest BCUT2D eigenvalue weighted by Crippen LogP contribution is 2.23. The van der Waals surface area contributed by atoms with Gasteiger partial charge in [-0.3, -0.25) is 0 Å². The molecule has 0 fully saturated rings. The molecule has 5 heteroatoms. The van der Waals surface area contributed by atoms with Gasteiger partial charge in [-0.2, -0.15) is 0 Å². The molecule has 0 aliphatic carbocycles. The summed E-state index contributed by atoms with van der Waals surface area (Å²) in [6, 6.07) is 12.1. The molecule has 0 saturated heterocycles. The van der Waals surface area contributed by atoms with E-state index in [1.54, 1.807) is 6.07 Å². The van der Waals surface area contributed by atoms with Gasteiger partial charge < -0.3 is 10.4 Å². The minimum Gasteiger partial charge on any atom is -0.478 e. The van der Waals surface area contributed by atoms with E-state index < -0.39 is 11.8 Å². The molecule has 0 amide bonds. The molecule has 21 heavy (non-hydrogen) atoms. The SMILES string of the molecule is C[C@@H](NCc1ccc(C(=O)O)c(F)c1)c1ccccc1Br. The van der Waals surface area contributed by atoms with E-state index in [9.17, 15) is 9.18 Å². The first-order valence-corrected chi connectivity index (χ1v) is 7.28. The Labute approximate surface area is 130 Å². The van der Waals surface area contributed by atoms with Gasteiger partial charge in [0.15, 0.2) is 0 Å². The molecule has 0 radical (unpaired) electrons. The third-order valence-electron chi connectivity index (χ3n) is 3.25. The lowest BCUT2D eigenvalue weighted by Crippen LogP contribution is -2.18. The number of benzene rings is 2. The van der Waals surface area contributed by atoms with Crippen molar-refractivity contribution in [3.05, 3.63) is 69.4 Å². The largest absolute Gasteiger partial charge is 0.478 e. The molecule has 2 aromatic rings. The number of rotatable bonds is 5. The molecular weight excluding hydrogens is 337 g/mol. The Morgan fingerprint density at radius 1 is 1.33 bits per heavy atom. The van der Waals surface area contributed by atoms with Crippen LogP contribution in [0, 0.1) is 5.82 Å². The van der Waals surface area contributed by atoms with E-state index in [-0.39, 0.29) is 11.6 Å². The smallest absolute Gasteiger partial charge is 0.338 e. The average molecular weight is 352 g/mol. The van der Waals surface area contributed by atoms with E-state index in [0.29, 0.717) is 12.1 Å². The van der Waals surface area contributed by atoms with Gasteiger partial charge in [0.25, 0.3) is 0 Å². The van der Waals surface area contributed by atoms with Crippen molar-refractivity contribution in [1.82, 2.24) is 5.32 Å². The quantitative estimate of drug-likeness (QED) is 0.851. The Morgan fingerprint density at radius 3 is 2.67 bits per heavy atom. The molecule has 0 saturated carbocycles. The van der Waals surface area contributed by atoms with Crippen molar-refractivity contribution < 1.29 is 14.3 Å². The molecule has 0 unspecified atom stereocenters. The molecule has 2 N–H and O–H groups in total. The third-order valence-corrected chi connectivity index (χ3v) is 3.97. The van der Waals surface area contributed by atoms with Crippen LogP contribution >= 0.6 is 15.9 Å². The van der Waals surface area contributed by atoms with Crippen molar-refractivity contribution in [2.45, 2.75) is 19.5 Å². The molecule has 110 valence electrons. The third kappa shape index (κ3) is 3.89. The van der Waals surface area contributed by atoms with E-state index >= 15 is 0 Å². The number of carboxylic acid groups (broad SMARTS) is 1. The number of aromatic carboxylic acids is 1. The number of hydrogen-bond donors (Lipinski definition) is 2. The Bertz CT molecular complexity index is 660. The summed E-state index contributed by atoms with van der Waals surface area (Å²) in [6.07, 6.45) is 0. The fraction of sp³-hybridized carbons (Fsp3) is 0.188. The van der Waals surface area contributed by atoms with Gasteiger partial charge in [-0.15, -0.1) is 0 Å².